The van der Waals surface area contributed by atoms with Crippen LogP contribution in [0.2, 0.25) is 0 Å². The van der Waals surface area contributed by atoms with Crippen molar-refractivity contribution in [3.05, 3.63) is 35.1 Å². The standard InChI is InChI=1S/C14H14F4O/c15-10-6-7-12(14(16,17)18)11(8-10)13(19)9-4-2-1-3-5-9/h6-9H,1-5H2. The maximum atomic E-state index is 13.1. The van der Waals surface area contributed by atoms with E-state index in [1.165, 1.54) is 0 Å². The van der Waals surface area contributed by atoms with Crippen LogP contribution in [0.3, 0.4) is 0 Å². The van der Waals surface area contributed by atoms with Crippen molar-refractivity contribution in [2.24, 2.45) is 5.92 Å². The van der Waals surface area contributed by atoms with Gasteiger partial charge in [-0.25, -0.2) is 4.39 Å². The van der Waals surface area contributed by atoms with Gasteiger partial charge in [-0.15, -0.1) is 0 Å². The summed E-state index contributed by atoms with van der Waals surface area (Å²) < 4.78 is 51.6. The van der Waals surface area contributed by atoms with E-state index in [1.54, 1.807) is 0 Å². The lowest BCUT2D eigenvalue weighted by Gasteiger charge is -2.22. The first-order valence-electron chi connectivity index (χ1n) is 6.30. The number of ketones is 1. The number of carbonyl (C=O) groups excluding carboxylic acids is 1. The first kappa shape index (κ1) is 14.0. The smallest absolute Gasteiger partial charge is 0.294 e. The molecule has 104 valence electrons. The molecule has 0 unspecified atom stereocenters. The fourth-order valence-corrected chi connectivity index (χ4v) is 2.55. The number of rotatable bonds is 2. The van der Waals surface area contributed by atoms with Crippen molar-refractivity contribution in [3.8, 4) is 0 Å². The maximum Gasteiger partial charge on any atom is 0.417 e. The minimum Gasteiger partial charge on any atom is -0.294 e. The van der Waals surface area contributed by atoms with Gasteiger partial charge in [0.25, 0.3) is 0 Å². The molecule has 19 heavy (non-hydrogen) atoms. The Morgan fingerprint density at radius 1 is 1.11 bits per heavy atom. The lowest BCUT2D eigenvalue weighted by Crippen LogP contribution is -2.22. The summed E-state index contributed by atoms with van der Waals surface area (Å²) in [7, 11) is 0. The summed E-state index contributed by atoms with van der Waals surface area (Å²) in [6, 6.07) is 2.09. The molecule has 0 bridgehead atoms. The van der Waals surface area contributed by atoms with Crippen LogP contribution in [0.4, 0.5) is 17.6 Å². The van der Waals surface area contributed by atoms with E-state index in [9.17, 15) is 22.4 Å². The van der Waals surface area contributed by atoms with Crippen molar-refractivity contribution in [2.45, 2.75) is 38.3 Å². The quantitative estimate of drug-likeness (QED) is 0.568. The van der Waals surface area contributed by atoms with Crippen LogP contribution in [-0.2, 0) is 6.18 Å². The molecule has 1 saturated carbocycles. The number of benzene rings is 1. The van der Waals surface area contributed by atoms with Crippen LogP contribution < -0.4 is 0 Å². The Hall–Kier alpha value is -1.39. The third kappa shape index (κ3) is 3.14. The molecular weight excluding hydrogens is 260 g/mol. The third-order valence-electron chi connectivity index (χ3n) is 3.53. The zero-order chi connectivity index (χ0) is 14.0. The van der Waals surface area contributed by atoms with Crippen molar-refractivity contribution in [1.29, 1.82) is 0 Å². The summed E-state index contributed by atoms with van der Waals surface area (Å²) in [5, 5.41) is 0. The van der Waals surface area contributed by atoms with Crippen molar-refractivity contribution < 1.29 is 22.4 Å². The van der Waals surface area contributed by atoms with Gasteiger partial charge in [-0.3, -0.25) is 4.79 Å². The molecule has 0 N–H and O–H groups in total. The molecule has 1 aliphatic rings. The predicted molar refractivity (Wildman–Crippen MR) is 62.3 cm³/mol. The number of hydrogen-bond donors (Lipinski definition) is 0. The van der Waals surface area contributed by atoms with Crippen LogP contribution in [0.25, 0.3) is 0 Å². The average Bonchev–Trinajstić information content (AvgIpc) is 2.37. The second-order valence-electron chi connectivity index (χ2n) is 4.89. The van der Waals surface area contributed by atoms with E-state index in [0.717, 1.165) is 25.3 Å². The van der Waals surface area contributed by atoms with Crippen LogP contribution >= 0.6 is 0 Å². The molecule has 2 rings (SSSR count). The van der Waals surface area contributed by atoms with E-state index in [0.29, 0.717) is 25.0 Å². The van der Waals surface area contributed by atoms with E-state index in [-0.39, 0.29) is 0 Å². The van der Waals surface area contributed by atoms with E-state index in [2.05, 4.69) is 0 Å². The molecule has 0 aliphatic heterocycles. The first-order valence-corrected chi connectivity index (χ1v) is 6.30. The van der Waals surface area contributed by atoms with Gasteiger partial charge in [-0.2, -0.15) is 13.2 Å². The van der Waals surface area contributed by atoms with Gasteiger partial charge in [0.05, 0.1) is 5.56 Å². The van der Waals surface area contributed by atoms with Gasteiger partial charge < -0.3 is 0 Å². The summed E-state index contributed by atoms with van der Waals surface area (Å²) in [5.74, 6) is -1.80. The van der Waals surface area contributed by atoms with Gasteiger partial charge in [-0.1, -0.05) is 19.3 Å². The van der Waals surface area contributed by atoms with E-state index in [1.807, 2.05) is 0 Å². The van der Waals surface area contributed by atoms with Crippen LogP contribution in [-0.4, -0.2) is 5.78 Å². The monoisotopic (exact) mass is 274 g/mol. The summed E-state index contributed by atoms with van der Waals surface area (Å²) in [4.78, 5) is 12.2. The molecule has 1 aromatic carbocycles. The van der Waals surface area contributed by atoms with E-state index < -0.39 is 34.8 Å². The SMILES string of the molecule is O=C(c1cc(F)ccc1C(F)(F)F)C1CCCCC1. The zero-order valence-electron chi connectivity index (χ0n) is 10.3. The summed E-state index contributed by atoms with van der Waals surface area (Å²) in [6.07, 6.45) is -0.772. The van der Waals surface area contributed by atoms with Crippen LogP contribution in [0.1, 0.15) is 48.0 Å². The molecular formula is C14H14F4O. The van der Waals surface area contributed by atoms with Crippen molar-refractivity contribution >= 4 is 5.78 Å². The van der Waals surface area contributed by atoms with Crippen LogP contribution in [0.15, 0.2) is 18.2 Å². The van der Waals surface area contributed by atoms with Crippen molar-refractivity contribution in [3.63, 3.8) is 0 Å². The van der Waals surface area contributed by atoms with Crippen LogP contribution in [0, 0.1) is 11.7 Å². The van der Waals surface area contributed by atoms with E-state index >= 15 is 0 Å². The lowest BCUT2D eigenvalue weighted by molar-refractivity contribution is -0.138. The molecule has 1 aromatic rings. The fraction of sp³-hybridized carbons (Fsp3) is 0.500. The lowest BCUT2D eigenvalue weighted by atomic mass is 9.82. The molecule has 0 amide bonds. The highest BCUT2D eigenvalue weighted by Crippen LogP contribution is 2.35. The highest BCUT2D eigenvalue weighted by Gasteiger charge is 2.37. The minimum atomic E-state index is -4.63. The Balaban J connectivity index is 2.36. The second kappa shape index (κ2) is 5.31. The Morgan fingerprint density at radius 3 is 2.32 bits per heavy atom. The highest BCUT2D eigenvalue weighted by molar-refractivity contribution is 5.99. The van der Waals surface area contributed by atoms with Crippen molar-refractivity contribution in [2.75, 3.05) is 0 Å². The summed E-state index contributed by atoms with van der Waals surface area (Å²) >= 11 is 0. The molecule has 0 radical (unpaired) electrons. The summed E-state index contributed by atoms with van der Waals surface area (Å²) in [5.41, 5.74) is -1.57. The van der Waals surface area contributed by atoms with Gasteiger partial charge in [-0.05, 0) is 31.0 Å². The minimum absolute atomic E-state index is 0.406. The zero-order valence-corrected chi connectivity index (χ0v) is 10.3. The van der Waals surface area contributed by atoms with E-state index in [4.69, 9.17) is 0 Å². The summed E-state index contributed by atoms with van der Waals surface area (Å²) in [6.45, 7) is 0. The molecule has 0 aromatic heterocycles. The third-order valence-corrected chi connectivity index (χ3v) is 3.53. The molecule has 0 heterocycles. The topological polar surface area (TPSA) is 17.1 Å². The number of hydrogen-bond acceptors (Lipinski definition) is 1. The Labute approximate surface area is 108 Å². The molecule has 1 fully saturated rings. The van der Waals surface area contributed by atoms with Gasteiger partial charge in [0.2, 0.25) is 0 Å². The Kier molecular flexibility index (Phi) is 3.92. The average molecular weight is 274 g/mol. The van der Waals surface area contributed by atoms with Crippen molar-refractivity contribution in [1.82, 2.24) is 0 Å². The fourth-order valence-electron chi connectivity index (χ4n) is 2.55. The van der Waals surface area contributed by atoms with Gasteiger partial charge >= 0.3 is 6.18 Å². The Bertz CT molecular complexity index is 473. The molecule has 1 nitrogen and oxygen atoms in total. The van der Waals surface area contributed by atoms with Gasteiger partial charge in [0.15, 0.2) is 5.78 Å². The number of alkyl halides is 3. The molecule has 0 atom stereocenters. The molecule has 0 spiro atoms. The normalized spacial score (nSPS) is 17.5. The Morgan fingerprint density at radius 2 is 1.74 bits per heavy atom. The number of carbonyl (C=O) groups is 1. The van der Waals surface area contributed by atoms with Gasteiger partial charge in [0.1, 0.15) is 5.82 Å². The largest absolute Gasteiger partial charge is 0.417 e. The predicted octanol–water partition coefficient (Wildman–Crippen LogP) is 4.61. The molecule has 1 aliphatic carbocycles. The van der Waals surface area contributed by atoms with Gasteiger partial charge in [0, 0.05) is 11.5 Å². The second-order valence-corrected chi connectivity index (χ2v) is 4.89. The molecule has 0 saturated heterocycles. The number of halogens is 4. The first-order chi connectivity index (χ1) is 8.89. The highest BCUT2D eigenvalue weighted by atomic mass is 19.4. The maximum absolute atomic E-state index is 13.1. The van der Waals surface area contributed by atoms with Crippen LogP contribution in [0.5, 0.6) is 0 Å². The number of Topliss-reactive ketones (excluding diaryl/α,β-unsaturated/α-hetero) is 1. The molecule has 5 heteroatoms.